The molecule has 0 amide bonds. The van der Waals surface area contributed by atoms with Gasteiger partial charge >= 0.3 is 0 Å². The lowest BCUT2D eigenvalue weighted by molar-refractivity contribution is -0.112. The summed E-state index contributed by atoms with van der Waals surface area (Å²) in [5, 5.41) is 0. The van der Waals surface area contributed by atoms with Gasteiger partial charge in [-0.15, -0.1) is 0 Å². The van der Waals surface area contributed by atoms with Crippen LogP contribution < -0.4 is 9.47 Å². The zero-order valence-corrected chi connectivity index (χ0v) is 11.7. The van der Waals surface area contributed by atoms with Crippen molar-refractivity contribution in [2.24, 2.45) is 11.8 Å². The molecule has 0 heterocycles. The molecule has 1 aliphatic carbocycles. The number of carbonyl (C=O) groups excluding carboxylic acids is 1. The van der Waals surface area contributed by atoms with Crippen molar-refractivity contribution in [3.8, 4) is 11.5 Å². The minimum Gasteiger partial charge on any atom is -0.497 e. The minimum atomic E-state index is 0.136. The van der Waals surface area contributed by atoms with E-state index in [0.717, 1.165) is 43.5 Å². The second kappa shape index (κ2) is 6.60. The number of ether oxygens (including phenoxy) is 2. The van der Waals surface area contributed by atoms with E-state index in [1.54, 1.807) is 7.11 Å². The van der Waals surface area contributed by atoms with E-state index in [9.17, 15) is 4.79 Å². The van der Waals surface area contributed by atoms with E-state index in [2.05, 4.69) is 0 Å². The van der Waals surface area contributed by atoms with E-state index >= 15 is 0 Å². The van der Waals surface area contributed by atoms with Crippen molar-refractivity contribution in [1.29, 1.82) is 0 Å². The molecule has 0 bridgehead atoms. The number of hydrogen-bond donors (Lipinski definition) is 0. The van der Waals surface area contributed by atoms with Crippen LogP contribution >= 0.6 is 0 Å². The monoisotopic (exact) mass is 262 g/mol. The maximum Gasteiger partial charge on any atom is 0.123 e. The van der Waals surface area contributed by atoms with E-state index in [1.807, 2.05) is 31.2 Å². The molecule has 1 aromatic carbocycles. The summed E-state index contributed by atoms with van der Waals surface area (Å²) in [7, 11) is 1.65. The van der Waals surface area contributed by atoms with Gasteiger partial charge in [0.25, 0.3) is 0 Å². The third kappa shape index (κ3) is 3.72. The quantitative estimate of drug-likeness (QED) is 0.762. The van der Waals surface area contributed by atoms with Gasteiger partial charge in [0, 0.05) is 12.0 Å². The van der Waals surface area contributed by atoms with Crippen molar-refractivity contribution in [1.82, 2.24) is 0 Å². The molecule has 19 heavy (non-hydrogen) atoms. The van der Waals surface area contributed by atoms with Crippen LogP contribution in [0.4, 0.5) is 0 Å². The van der Waals surface area contributed by atoms with Crippen LogP contribution in [0.1, 0.15) is 32.6 Å². The third-order valence-corrected chi connectivity index (χ3v) is 3.97. The molecule has 0 radical (unpaired) electrons. The Morgan fingerprint density at radius 1 is 1.32 bits per heavy atom. The van der Waals surface area contributed by atoms with Gasteiger partial charge in [0.1, 0.15) is 17.8 Å². The van der Waals surface area contributed by atoms with E-state index < -0.39 is 0 Å². The van der Waals surface area contributed by atoms with Crippen LogP contribution in [0.15, 0.2) is 24.3 Å². The fraction of sp³-hybridized carbons (Fsp3) is 0.562. The van der Waals surface area contributed by atoms with Gasteiger partial charge < -0.3 is 14.3 Å². The molecule has 0 N–H and O–H groups in total. The molecule has 1 fully saturated rings. The summed E-state index contributed by atoms with van der Waals surface area (Å²) in [5.41, 5.74) is 0. The van der Waals surface area contributed by atoms with Crippen molar-refractivity contribution >= 4 is 6.29 Å². The summed E-state index contributed by atoms with van der Waals surface area (Å²) in [5.74, 6) is 2.26. The molecule has 104 valence electrons. The molecule has 1 saturated carbocycles. The first-order chi connectivity index (χ1) is 9.22. The Hall–Kier alpha value is -1.51. The summed E-state index contributed by atoms with van der Waals surface area (Å²) in [6.07, 6.45) is 5.60. The van der Waals surface area contributed by atoms with Gasteiger partial charge in [-0.1, -0.05) is 13.0 Å². The number of benzene rings is 1. The van der Waals surface area contributed by atoms with Crippen molar-refractivity contribution < 1.29 is 14.3 Å². The molecule has 0 aliphatic heterocycles. The van der Waals surface area contributed by atoms with Gasteiger partial charge in [-0.3, -0.25) is 0 Å². The van der Waals surface area contributed by atoms with Crippen LogP contribution in [-0.2, 0) is 4.79 Å². The number of carbonyl (C=O) groups is 1. The molecular formula is C16H22O3. The predicted octanol–water partition coefficient (Wildman–Crippen LogP) is 3.47. The average molecular weight is 262 g/mol. The van der Waals surface area contributed by atoms with E-state index in [1.165, 1.54) is 0 Å². The summed E-state index contributed by atoms with van der Waals surface area (Å²) >= 11 is 0. The highest BCUT2D eigenvalue weighted by Crippen LogP contribution is 2.32. The number of hydrogen-bond acceptors (Lipinski definition) is 3. The normalized spacial score (nSPS) is 24.5. The van der Waals surface area contributed by atoms with Crippen LogP contribution in [0.5, 0.6) is 11.5 Å². The Bertz CT molecular complexity index is 416. The van der Waals surface area contributed by atoms with E-state index in [0.29, 0.717) is 5.92 Å². The standard InChI is InChI=1S/C16H22O3/c1-12(11-17)13-5-3-7-15(9-13)19-16-8-4-6-14(10-16)18-2/h4,6,8,10-13,15H,3,5,7,9H2,1-2H3. The fourth-order valence-corrected chi connectivity index (χ4v) is 2.74. The Labute approximate surface area is 114 Å². The molecule has 1 aromatic rings. The summed E-state index contributed by atoms with van der Waals surface area (Å²) < 4.78 is 11.2. The molecule has 3 unspecified atom stereocenters. The Balaban J connectivity index is 1.96. The second-order valence-corrected chi connectivity index (χ2v) is 5.34. The highest BCUT2D eigenvalue weighted by Gasteiger charge is 2.27. The zero-order chi connectivity index (χ0) is 13.7. The van der Waals surface area contributed by atoms with Gasteiger partial charge in [-0.05, 0) is 43.7 Å². The number of aldehydes is 1. The van der Waals surface area contributed by atoms with Crippen LogP contribution in [0.25, 0.3) is 0 Å². The van der Waals surface area contributed by atoms with Gasteiger partial charge in [-0.25, -0.2) is 0 Å². The molecule has 0 saturated heterocycles. The fourth-order valence-electron chi connectivity index (χ4n) is 2.74. The van der Waals surface area contributed by atoms with Crippen LogP contribution in [0.2, 0.25) is 0 Å². The van der Waals surface area contributed by atoms with Crippen molar-refractivity contribution in [2.45, 2.75) is 38.7 Å². The molecule has 0 aromatic heterocycles. The second-order valence-electron chi connectivity index (χ2n) is 5.34. The zero-order valence-electron chi connectivity index (χ0n) is 11.7. The molecule has 2 rings (SSSR count). The lowest BCUT2D eigenvalue weighted by Gasteiger charge is -2.31. The predicted molar refractivity (Wildman–Crippen MR) is 74.6 cm³/mol. The van der Waals surface area contributed by atoms with Gasteiger partial charge in [-0.2, -0.15) is 0 Å². The Morgan fingerprint density at radius 2 is 2.11 bits per heavy atom. The first kappa shape index (κ1) is 13.9. The van der Waals surface area contributed by atoms with Gasteiger partial charge in [0.05, 0.1) is 13.2 Å². The maximum atomic E-state index is 10.9. The van der Waals surface area contributed by atoms with Crippen molar-refractivity contribution in [3.05, 3.63) is 24.3 Å². The first-order valence-electron chi connectivity index (χ1n) is 6.99. The molecule has 1 aliphatic rings. The highest BCUT2D eigenvalue weighted by atomic mass is 16.5. The van der Waals surface area contributed by atoms with Crippen LogP contribution in [-0.4, -0.2) is 19.5 Å². The smallest absolute Gasteiger partial charge is 0.123 e. The SMILES string of the molecule is COc1cccc(OC2CCCC(C(C)C=O)C2)c1. The minimum absolute atomic E-state index is 0.136. The van der Waals surface area contributed by atoms with E-state index in [-0.39, 0.29) is 12.0 Å². The summed E-state index contributed by atoms with van der Waals surface area (Å²) in [6.45, 7) is 2.01. The summed E-state index contributed by atoms with van der Waals surface area (Å²) in [4.78, 5) is 10.9. The van der Waals surface area contributed by atoms with E-state index in [4.69, 9.17) is 9.47 Å². The lowest BCUT2D eigenvalue weighted by Crippen LogP contribution is -2.29. The largest absolute Gasteiger partial charge is 0.497 e. The van der Waals surface area contributed by atoms with Crippen molar-refractivity contribution in [2.75, 3.05) is 7.11 Å². The highest BCUT2D eigenvalue weighted by molar-refractivity contribution is 5.53. The summed E-state index contributed by atoms with van der Waals surface area (Å²) in [6, 6.07) is 7.70. The molecular weight excluding hydrogens is 240 g/mol. The molecule has 3 heteroatoms. The average Bonchev–Trinajstić information content (AvgIpc) is 2.47. The molecule has 0 spiro atoms. The third-order valence-electron chi connectivity index (χ3n) is 3.97. The van der Waals surface area contributed by atoms with Gasteiger partial charge in [0.15, 0.2) is 0 Å². The van der Waals surface area contributed by atoms with Crippen LogP contribution in [0.3, 0.4) is 0 Å². The Morgan fingerprint density at radius 3 is 2.84 bits per heavy atom. The number of methoxy groups -OCH3 is 1. The molecule has 3 nitrogen and oxygen atoms in total. The van der Waals surface area contributed by atoms with Gasteiger partial charge in [0.2, 0.25) is 0 Å². The maximum absolute atomic E-state index is 10.9. The molecule has 3 atom stereocenters. The lowest BCUT2D eigenvalue weighted by atomic mass is 9.80. The van der Waals surface area contributed by atoms with Crippen LogP contribution in [0, 0.1) is 11.8 Å². The topological polar surface area (TPSA) is 35.5 Å². The first-order valence-corrected chi connectivity index (χ1v) is 6.99. The Kier molecular flexibility index (Phi) is 4.83. The van der Waals surface area contributed by atoms with Crippen molar-refractivity contribution in [3.63, 3.8) is 0 Å². The number of rotatable bonds is 5.